The zero-order chi connectivity index (χ0) is 35.6. The first kappa shape index (κ1) is 38.0. The Morgan fingerprint density at radius 2 is 1.02 bits per heavy atom. The molecule has 0 aliphatic carbocycles. The second-order valence-corrected chi connectivity index (χ2v) is 13.8. The molecule has 3 N–H and O–H groups in total. The van der Waals surface area contributed by atoms with Gasteiger partial charge in [-0.25, -0.2) is 0 Å². The second kappa shape index (κ2) is 17.7. The molecule has 0 amide bonds. The van der Waals surface area contributed by atoms with Crippen molar-refractivity contribution < 1.29 is 19.7 Å². The molecule has 0 aromatic heterocycles. The van der Waals surface area contributed by atoms with Crippen LogP contribution in [0, 0.1) is 6.92 Å². The average Bonchev–Trinajstić information content (AvgIpc) is 3.12. The Bertz CT molecular complexity index is 1570. The van der Waals surface area contributed by atoms with Crippen LogP contribution in [0.3, 0.4) is 0 Å². The minimum absolute atomic E-state index is 0.206. The zero-order valence-corrected chi connectivity index (χ0v) is 31.2. The molecule has 0 bridgehead atoms. The van der Waals surface area contributed by atoms with Gasteiger partial charge in [-0.1, -0.05) is 97.0 Å². The van der Waals surface area contributed by atoms with Crippen molar-refractivity contribution in [2.24, 2.45) is 0 Å². The van der Waals surface area contributed by atoms with E-state index in [0.717, 1.165) is 49.3 Å². The van der Waals surface area contributed by atoms with Crippen molar-refractivity contribution in [1.29, 1.82) is 0 Å². The molecule has 4 aromatic carbocycles. The van der Waals surface area contributed by atoms with Crippen LogP contribution in [-0.2, 0) is 37.5 Å². The lowest BCUT2D eigenvalue weighted by molar-refractivity contribution is 0.104. The first-order valence-electron chi connectivity index (χ1n) is 18.3. The summed E-state index contributed by atoms with van der Waals surface area (Å²) in [6.07, 6.45) is 4.46. The summed E-state index contributed by atoms with van der Waals surface area (Å²) in [5.41, 5.74) is 12.9. The Morgan fingerprint density at radius 3 is 1.43 bits per heavy atom. The van der Waals surface area contributed by atoms with Crippen LogP contribution < -0.4 is 14.8 Å². The molecule has 5 nitrogen and oxygen atoms in total. The Labute approximate surface area is 295 Å². The lowest BCUT2D eigenvalue weighted by atomic mass is 9.78. The van der Waals surface area contributed by atoms with E-state index in [1.807, 2.05) is 31.2 Å². The molecule has 2 unspecified atom stereocenters. The predicted octanol–water partition coefficient (Wildman–Crippen LogP) is 9.16. The Kier molecular flexibility index (Phi) is 13.8. The van der Waals surface area contributed by atoms with Gasteiger partial charge >= 0.3 is 0 Å². The second-order valence-electron chi connectivity index (χ2n) is 13.8. The van der Waals surface area contributed by atoms with Crippen molar-refractivity contribution >= 4 is 5.69 Å². The van der Waals surface area contributed by atoms with E-state index in [9.17, 15) is 10.2 Å². The van der Waals surface area contributed by atoms with Crippen LogP contribution in [0.2, 0.25) is 0 Å². The molecule has 264 valence electrons. The van der Waals surface area contributed by atoms with E-state index < -0.39 is 12.2 Å². The Morgan fingerprint density at radius 1 is 0.612 bits per heavy atom. The van der Waals surface area contributed by atoms with E-state index in [-0.39, 0.29) is 12.0 Å². The van der Waals surface area contributed by atoms with Crippen molar-refractivity contribution in [2.45, 2.75) is 112 Å². The van der Waals surface area contributed by atoms with Crippen LogP contribution in [-0.4, -0.2) is 42.2 Å². The van der Waals surface area contributed by atoms with E-state index in [1.165, 1.54) is 50.1 Å². The Balaban J connectivity index is 1.35. The lowest BCUT2D eigenvalue weighted by Gasteiger charge is -2.26. The summed E-state index contributed by atoms with van der Waals surface area (Å²) in [7, 11) is 0. The van der Waals surface area contributed by atoms with Gasteiger partial charge in [-0.3, -0.25) is 0 Å². The van der Waals surface area contributed by atoms with Crippen molar-refractivity contribution in [1.82, 2.24) is 0 Å². The van der Waals surface area contributed by atoms with Gasteiger partial charge in [-0.05, 0) is 120 Å². The fourth-order valence-electron chi connectivity index (χ4n) is 6.59. The van der Waals surface area contributed by atoms with Crippen LogP contribution in [0.5, 0.6) is 11.5 Å². The molecule has 0 heterocycles. The fourth-order valence-corrected chi connectivity index (χ4v) is 6.59. The molecule has 0 spiro atoms. The van der Waals surface area contributed by atoms with E-state index >= 15 is 0 Å². The van der Waals surface area contributed by atoms with Crippen molar-refractivity contribution in [3.63, 3.8) is 0 Å². The van der Waals surface area contributed by atoms with Gasteiger partial charge in [0.05, 0.1) is 6.10 Å². The number of benzene rings is 4. The number of aryl methyl sites for hydroxylation is 4. The minimum atomic E-state index is -0.656. The van der Waals surface area contributed by atoms with Gasteiger partial charge in [0.2, 0.25) is 0 Å². The Hall–Kier alpha value is -3.80. The van der Waals surface area contributed by atoms with Crippen molar-refractivity contribution in [3.8, 4) is 11.5 Å². The van der Waals surface area contributed by atoms with Crippen LogP contribution in [0.1, 0.15) is 105 Å². The predicted molar refractivity (Wildman–Crippen MR) is 205 cm³/mol. The summed E-state index contributed by atoms with van der Waals surface area (Å²) >= 11 is 0. The maximum Gasteiger partial charge on any atom is 0.119 e. The number of hydrogen-bond acceptors (Lipinski definition) is 5. The first-order valence-corrected chi connectivity index (χ1v) is 18.3. The van der Waals surface area contributed by atoms with Crippen LogP contribution in [0.25, 0.3) is 0 Å². The molecule has 0 saturated heterocycles. The molecule has 5 heteroatoms. The zero-order valence-electron chi connectivity index (χ0n) is 31.2. The van der Waals surface area contributed by atoms with E-state index in [0.29, 0.717) is 19.6 Å². The topological polar surface area (TPSA) is 71.0 Å². The third kappa shape index (κ3) is 9.89. The maximum absolute atomic E-state index is 10.9. The quantitative estimate of drug-likeness (QED) is 0.0989. The third-order valence-electron chi connectivity index (χ3n) is 10.00. The van der Waals surface area contributed by atoms with Crippen molar-refractivity contribution in [3.05, 3.63) is 123 Å². The van der Waals surface area contributed by atoms with Crippen LogP contribution in [0.15, 0.2) is 72.8 Å². The number of ether oxygens (including phenoxy) is 2. The van der Waals surface area contributed by atoms with Gasteiger partial charge in [0, 0.05) is 17.6 Å². The molecule has 49 heavy (non-hydrogen) atoms. The third-order valence-corrected chi connectivity index (χ3v) is 10.00. The number of aliphatic hydroxyl groups excluding tert-OH is 2. The fraction of sp³-hybridized carbons (Fsp3) is 0.455. The SMILES string of the molecule is CCc1cc(Cc2cc(CC)c(NCC(O)COc3ccc(C(C)(C)c4ccc(OCC(O)CC)cc4)cc3)c(CC)c2)cc(CC)c1C. The number of aliphatic hydroxyl groups is 2. The summed E-state index contributed by atoms with van der Waals surface area (Å²) < 4.78 is 11.7. The highest BCUT2D eigenvalue weighted by Crippen LogP contribution is 2.34. The molecule has 0 aliphatic heterocycles. The number of rotatable bonds is 18. The smallest absolute Gasteiger partial charge is 0.119 e. The first-order chi connectivity index (χ1) is 23.5. The molecule has 2 atom stereocenters. The largest absolute Gasteiger partial charge is 0.491 e. The van der Waals surface area contributed by atoms with Crippen LogP contribution in [0.4, 0.5) is 5.69 Å². The lowest BCUT2D eigenvalue weighted by Crippen LogP contribution is -2.27. The minimum Gasteiger partial charge on any atom is -0.491 e. The summed E-state index contributed by atoms with van der Waals surface area (Å²) in [6.45, 7) is 18.4. The molecule has 0 fully saturated rings. The van der Waals surface area contributed by atoms with Gasteiger partial charge in [0.15, 0.2) is 0 Å². The summed E-state index contributed by atoms with van der Waals surface area (Å²) in [4.78, 5) is 0. The van der Waals surface area contributed by atoms with Gasteiger partial charge in [-0.2, -0.15) is 0 Å². The standard InChI is InChI=1S/C44H59NO4/c1-9-33-23-31(24-34(10-2)30(33)6)22-32-25-35(11-3)43(36(12-4)26-32)45-27-40(47)29-49-42-20-16-38(17-21-42)44(7,8)37-14-18-41(19-15-37)48-28-39(46)13-5/h14-21,23-26,39-40,45-47H,9-13,22,27-29H2,1-8H3. The van der Waals surface area contributed by atoms with Crippen molar-refractivity contribution in [2.75, 3.05) is 25.1 Å². The molecule has 4 aromatic rings. The summed E-state index contributed by atoms with van der Waals surface area (Å²) in [6, 6.07) is 25.7. The van der Waals surface area contributed by atoms with Gasteiger partial charge < -0.3 is 25.0 Å². The number of anilines is 1. The molecular weight excluding hydrogens is 606 g/mol. The molecule has 0 aliphatic rings. The summed E-state index contributed by atoms with van der Waals surface area (Å²) in [5.74, 6) is 1.49. The van der Waals surface area contributed by atoms with Gasteiger partial charge in [-0.15, -0.1) is 0 Å². The molecular formula is C44H59NO4. The average molecular weight is 666 g/mol. The monoisotopic (exact) mass is 665 g/mol. The maximum atomic E-state index is 10.9. The molecule has 0 radical (unpaired) electrons. The van der Waals surface area contributed by atoms with E-state index in [4.69, 9.17) is 9.47 Å². The number of nitrogens with one attached hydrogen (secondary N) is 1. The highest BCUT2D eigenvalue weighted by molar-refractivity contribution is 5.60. The van der Waals surface area contributed by atoms with Gasteiger partial charge in [0.25, 0.3) is 0 Å². The van der Waals surface area contributed by atoms with E-state index in [2.05, 4.69) is 102 Å². The summed E-state index contributed by atoms with van der Waals surface area (Å²) in [5, 5.41) is 24.2. The highest BCUT2D eigenvalue weighted by Gasteiger charge is 2.23. The highest BCUT2D eigenvalue weighted by atomic mass is 16.5. The molecule has 4 rings (SSSR count). The van der Waals surface area contributed by atoms with Crippen LogP contribution >= 0.6 is 0 Å². The normalized spacial score (nSPS) is 12.9. The number of hydrogen-bond donors (Lipinski definition) is 3. The molecule has 0 saturated carbocycles. The van der Waals surface area contributed by atoms with E-state index in [1.54, 1.807) is 0 Å². The van der Waals surface area contributed by atoms with Gasteiger partial charge in [0.1, 0.15) is 30.8 Å².